The summed E-state index contributed by atoms with van der Waals surface area (Å²) in [6.45, 7) is 3.35. The molecule has 3 N–H and O–H groups in total. The highest BCUT2D eigenvalue weighted by Gasteiger charge is 2.50. The summed E-state index contributed by atoms with van der Waals surface area (Å²) in [6, 6.07) is 9.20. The Balaban J connectivity index is 1.78. The van der Waals surface area contributed by atoms with Gasteiger partial charge in [0.05, 0.1) is 23.4 Å². The average Bonchev–Trinajstić information content (AvgIpc) is 3.13. The van der Waals surface area contributed by atoms with Crippen molar-refractivity contribution < 1.29 is 24.2 Å². The third-order valence-electron chi connectivity index (χ3n) is 6.17. The fourth-order valence-corrected chi connectivity index (χ4v) is 4.51. The lowest BCUT2D eigenvalue weighted by molar-refractivity contribution is -0.210. The molecule has 4 heterocycles. The number of pyridine rings is 2. The van der Waals surface area contributed by atoms with Gasteiger partial charge in [-0.15, -0.1) is 0 Å². The number of benzene rings is 1. The number of nitrogens with two attached hydrogens (primary N) is 1. The van der Waals surface area contributed by atoms with Crippen molar-refractivity contribution in [1.29, 1.82) is 0 Å². The molecule has 164 valence electrons. The first-order valence-corrected chi connectivity index (χ1v) is 10.3. The number of esters is 2. The number of aromatic nitrogens is 2. The van der Waals surface area contributed by atoms with E-state index in [0.717, 1.165) is 29.0 Å². The molecule has 0 radical (unpaired) electrons. The molecule has 2 atom stereocenters. The molecule has 32 heavy (non-hydrogen) atoms. The van der Waals surface area contributed by atoms with Crippen LogP contribution in [0, 0.1) is 0 Å². The topological polar surface area (TPSA) is 134 Å². The van der Waals surface area contributed by atoms with Gasteiger partial charge >= 0.3 is 11.9 Å². The number of hydrogen-bond acceptors (Lipinski definition) is 8. The monoisotopic (exact) mass is 435 g/mol. The van der Waals surface area contributed by atoms with Gasteiger partial charge in [-0.05, 0) is 30.2 Å². The zero-order chi connectivity index (χ0) is 22.8. The largest absolute Gasteiger partial charge is 0.421 e. The second kappa shape index (κ2) is 6.98. The van der Waals surface area contributed by atoms with Gasteiger partial charge in [-0.25, -0.2) is 9.78 Å². The lowest BCUT2D eigenvalue weighted by atomic mass is 9.85. The van der Waals surface area contributed by atoms with E-state index in [1.54, 1.807) is 13.0 Å². The summed E-state index contributed by atoms with van der Waals surface area (Å²) >= 11 is 0. The van der Waals surface area contributed by atoms with Gasteiger partial charge in [-0.3, -0.25) is 9.59 Å². The molecule has 0 saturated heterocycles. The summed E-state index contributed by atoms with van der Waals surface area (Å²) in [6.07, 6.45) is -1.54. The molecule has 9 heteroatoms. The minimum Gasteiger partial charge on any atom is -0.421 e. The van der Waals surface area contributed by atoms with Gasteiger partial charge in [0, 0.05) is 30.0 Å². The number of hydrogen-bond donors (Lipinski definition) is 2. The van der Waals surface area contributed by atoms with Crippen LogP contribution in [0.2, 0.25) is 0 Å². The number of carbonyl (C=O) groups is 2. The molecular weight excluding hydrogens is 414 g/mol. The summed E-state index contributed by atoms with van der Waals surface area (Å²) in [5.74, 6) is -1.69. The summed E-state index contributed by atoms with van der Waals surface area (Å²) in [4.78, 5) is 42.4. The highest BCUT2D eigenvalue weighted by atomic mass is 16.7. The van der Waals surface area contributed by atoms with Crippen LogP contribution in [0.1, 0.15) is 48.8 Å². The Labute approximate surface area is 182 Å². The van der Waals surface area contributed by atoms with Crippen LogP contribution in [0.25, 0.3) is 22.3 Å². The molecule has 0 bridgehead atoms. The maximum atomic E-state index is 13.5. The molecule has 0 amide bonds. The number of carbonyl (C=O) groups excluding carboxylic acids is 2. The summed E-state index contributed by atoms with van der Waals surface area (Å²) in [5.41, 5.74) is 6.89. The predicted molar refractivity (Wildman–Crippen MR) is 113 cm³/mol. The number of rotatable bonds is 3. The first-order valence-electron chi connectivity index (χ1n) is 10.3. The van der Waals surface area contributed by atoms with Crippen LogP contribution in [0.5, 0.6) is 0 Å². The zero-order valence-electron chi connectivity index (χ0n) is 17.5. The minimum absolute atomic E-state index is 0.0214. The molecule has 0 fully saturated rings. The number of ether oxygens (including phenoxy) is 2. The molecule has 3 aromatic rings. The molecule has 1 unspecified atom stereocenters. The molecule has 5 rings (SSSR count). The first kappa shape index (κ1) is 20.3. The molecule has 1 aromatic carbocycles. The number of cyclic esters (lactones) is 1. The fourth-order valence-electron chi connectivity index (χ4n) is 4.51. The van der Waals surface area contributed by atoms with Crippen molar-refractivity contribution in [2.75, 3.05) is 0 Å². The van der Waals surface area contributed by atoms with Crippen molar-refractivity contribution in [3.05, 3.63) is 62.9 Å². The normalized spacial score (nSPS) is 21.0. The quantitative estimate of drug-likeness (QED) is 0.464. The Morgan fingerprint density at radius 1 is 1.38 bits per heavy atom. The predicted octanol–water partition coefficient (Wildman–Crippen LogP) is 1.60. The average molecular weight is 435 g/mol. The Bertz CT molecular complexity index is 1380. The standard InChI is InChI=1S/C23H21N3O6/c1-3-23(30)15-8-17-19-13(7-14-12(9-24)5-4-6-16(14)25-19)10-26(17)20(28)18(15)21(31-11(2)27)32-22(23)29/h4-8,21,30H,3,9-10,24H2,1-2H3/t21?,23-/m0/s1. The van der Waals surface area contributed by atoms with Crippen molar-refractivity contribution in [2.45, 2.75) is 45.2 Å². The van der Waals surface area contributed by atoms with Crippen molar-refractivity contribution in [3.8, 4) is 11.4 Å². The number of nitrogens with zero attached hydrogens (tertiary/aromatic N) is 2. The third-order valence-corrected chi connectivity index (χ3v) is 6.17. The highest BCUT2D eigenvalue weighted by molar-refractivity contribution is 5.88. The van der Waals surface area contributed by atoms with Crippen LogP contribution in [-0.2, 0) is 37.8 Å². The van der Waals surface area contributed by atoms with E-state index in [0.29, 0.717) is 17.9 Å². The highest BCUT2D eigenvalue weighted by Crippen LogP contribution is 2.42. The molecule has 2 aliphatic heterocycles. The molecule has 0 saturated carbocycles. The Morgan fingerprint density at radius 3 is 2.84 bits per heavy atom. The second-order valence-electron chi connectivity index (χ2n) is 7.99. The van der Waals surface area contributed by atoms with E-state index in [-0.39, 0.29) is 24.1 Å². The van der Waals surface area contributed by atoms with E-state index < -0.39 is 29.4 Å². The van der Waals surface area contributed by atoms with Gasteiger partial charge in [0.2, 0.25) is 0 Å². The number of aliphatic hydroxyl groups is 1. The molecule has 0 aliphatic carbocycles. The molecule has 0 spiro atoms. The maximum absolute atomic E-state index is 13.5. The van der Waals surface area contributed by atoms with E-state index in [2.05, 4.69) is 0 Å². The minimum atomic E-state index is -2.03. The van der Waals surface area contributed by atoms with Gasteiger partial charge < -0.3 is 24.9 Å². The van der Waals surface area contributed by atoms with Crippen molar-refractivity contribution in [1.82, 2.24) is 9.55 Å². The summed E-state index contributed by atoms with van der Waals surface area (Å²) < 4.78 is 11.8. The summed E-state index contributed by atoms with van der Waals surface area (Å²) in [7, 11) is 0. The van der Waals surface area contributed by atoms with Crippen LogP contribution in [-0.4, -0.2) is 26.6 Å². The van der Waals surface area contributed by atoms with Gasteiger partial charge in [0.1, 0.15) is 5.56 Å². The Kier molecular flexibility index (Phi) is 4.44. The van der Waals surface area contributed by atoms with Crippen LogP contribution in [0.4, 0.5) is 0 Å². The smallest absolute Gasteiger partial charge is 0.346 e. The van der Waals surface area contributed by atoms with Crippen LogP contribution in [0.15, 0.2) is 35.1 Å². The molecule has 2 aromatic heterocycles. The van der Waals surface area contributed by atoms with Gasteiger partial charge in [0.15, 0.2) is 5.60 Å². The van der Waals surface area contributed by atoms with Crippen molar-refractivity contribution in [2.24, 2.45) is 5.73 Å². The molecular formula is C23H21N3O6. The van der Waals surface area contributed by atoms with Gasteiger partial charge in [-0.1, -0.05) is 19.1 Å². The fraction of sp³-hybridized carbons (Fsp3) is 0.304. The van der Waals surface area contributed by atoms with Crippen molar-refractivity contribution in [3.63, 3.8) is 0 Å². The third kappa shape index (κ3) is 2.71. The lowest BCUT2D eigenvalue weighted by Crippen LogP contribution is -2.46. The van der Waals surface area contributed by atoms with Gasteiger partial charge in [-0.2, -0.15) is 0 Å². The van der Waals surface area contributed by atoms with Gasteiger partial charge in [0.25, 0.3) is 11.8 Å². The van der Waals surface area contributed by atoms with E-state index in [9.17, 15) is 19.5 Å². The van der Waals surface area contributed by atoms with E-state index in [4.69, 9.17) is 20.2 Å². The summed E-state index contributed by atoms with van der Waals surface area (Å²) in [5, 5.41) is 12.0. The zero-order valence-corrected chi connectivity index (χ0v) is 17.5. The second-order valence-corrected chi connectivity index (χ2v) is 7.99. The maximum Gasteiger partial charge on any atom is 0.346 e. The lowest BCUT2D eigenvalue weighted by Gasteiger charge is -2.35. The van der Waals surface area contributed by atoms with E-state index in [1.807, 2.05) is 24.3 Å². The molecule has 2 aliphatic rings. The Morgan fingerprint density at radius 2 is 2.16 bits per heavy atom. The molecule has 9 nitrogen and oxygen atoms in total. The Hall–Kier alpha value is -3.56. The van der Waals surface area contributed by atoms with Crippen LogP contribution in [0.3, 0.4) is 0 Å². The van der Waals surface area contributed by atoms with E-state index in [1.165, 1.54) is 4.57 Å². The van der Waals surface area contributed by atoms with E-state index >= 15 is 0 Å². The number of fused-ring (bicyclic) bond motifs is 5. The van der Waals surface area contributed by atoms with Crippen LogP contribution < -0.4 is 11.3 Å². The van der Waals surface area contributed by atoms with Crippen LogP contribution >= 0.6 is 0 Å². The SMILES string of the molecule is CC[C@@]1(O)C(=O)OC(OC(C)=O)c2c1cc1n(c2=O)Cc2cc3c(CN)cccc3nc2-1. The first-order chi connectivity index (χ1) is 15.3. The van der Waals surface area contributed by atoms with Crippen molar-refractivity contribution >= 4 is 22.8 Å².